The van der Waals surface area contributed by atoms with E-state index in [1.165, 1.54) is 0 Å². The molecule has 6 nitrogen and oxygen atoms in total. The highest BCUT2D eigenvalue weighted by Gasteiger charge is 2.37. The molecular formula is C19H23BrN4O2. The Morgan fingerprint density at radius 1 is 1.27 bits per heavy atom. The monoisotopic (exact) mass is 418 g/mol. The van der Waals surface area contributed by atoms with Crippen LogP contribution < -0.4 is 10.2 Å². The van der Waals surface area contributed by atoms with Crippen LogP contribution in [-0.2, 0) is 9.53 Å². The molecule has 1 saturated heterocycles. The average Bonchev–Trinajstić information content (AvgIpc) is 3.07. The lowest BCUT2D eigenvalue weighted by Gasteiger charge is -2.29. The van der Waals surface area contributed by atoms with E-state index < -0.39 is 6.23 Å². The molecule has 1 unspecified atom stereocenters. The van der Waals surface area contributed by atoms with E-state index in [9.17, 15) is 4.79 Å². The Morgan fingerprint density at radius 3 is 2.65 bits per heavy atom. The van der Waals surface area contributed by atoms with Crippen molar-refractivity contribution in [1.29, 1.82) is 0 Å². The first-order chi connectivity index (χ1) is 12.5. The number of aromatic nitrogens is 2. The van der Waals surface area contributed by atoms with Gasteiger partial charge in [0.1, 0.15) is 5.82 Å². The van der Waals surface area contributed by atoms with Gasteiger partial charge in [-0.25, -0.2) is 4.98 Å². The van der Waals surface area contributed by atoms with E-state index in [1.54, 1.807) is 6.20 Å². The van der Waals surface area contributed by atoms with Crippen LogP contribution >= 0.6 is 15.9 Å². The van der Waals surface area contributed by atoms with Gasteiger partial charge < -0.3 is 15.0 Å². The maximum atomic E-state index is 11.4. The summed E-state index contributed by atoms with van der Waals surface area (Å²) in [5.74, 6) is 1.56. The lowest BCUT2D eigenvalue weighted by atomic mass is 10.0. The highest BCUT2D eigenvalue weighted by atomic mass is 79.9. The van der Waals surface area contributed by atoms with Crippen LogP contribution in [0, 0.1) is 5.92 Å². The van der Waals surface area contributed by atoms with Crippen LogP contribution in [0.1, 0.15) is 32.4 Å². The van der Waals surface area contributed by atoms with Gasteiger partial charge in [-0.05, 0) is 36.6 Å². The topological polar surface area (TPSA) is 67.3 Å². The van der Waals surface area contributed by atoms with Gasteiger partial charge in [0.05, 0.1) is 18.7 Å². The van der Waals surface area contributed by atoms with Gasteiger partial charge in [0, 0.05) is 10.7 Å². The quantitative estimate of drug-likeness (QED) is 0.719. The van der Waals surface area contributed by atoms with Crippen LogP contribution in [0.15, 0.2) is 41.0 Å². The van der Waals surface area contributed by atoms with E-state index in [0.29, 0.717) is 24.3 Å². The molecule has 2 heterocycles. The number of nitrogens with one attached hydrogen (secondary N) is 1. The molecule has 0 amide bonds. The molecule has 3 atom stereocenters. The predicted octanol–water partition coefficient (Wildman–Crippen LogP) is 3.80. The Hall–Kier alpha value is -1.99. The van der Waals surface area contributed by atoms with Crippen molar-refractivity contribution < 1.29 is 9.53 Å². The van der Waals surface area contributed by atoms with Crippen LogP contribution in [0.25, 0.3) is 0 Å². The number of ether oxygens (including phenoxy) is 1. The van der Waals surface area contributed by atoms with Crippen molar-refractivity contribution in [3.63, 3.8) is 0 Å². The second-order valence-electron chi connectivity index (χ2n) is 6.73. The first-order valence-corrected chi connectivity index (χ1v) is 9.49. The molecule has 0 saturated carbocycles. The molecule has 0 radical (unpaired) electrons. The first-order valence-electron chi connectivity index (χ1n) is 8.70. The van der Waals surface area contributed by atoms with Crippen LogP contribution in [0.2, 0.25) is 0 Å². The van der Waals surface area contributed by atoms with Gasteiger partial charge in [0.15, 0.2) is 12.5 Å². The van der Waals surface area contributed by atoms with Crippen LogP contribution in [0.5, 0.6) is 0 Å². The Morgan fingerprint density at radius 2 is 2.00 bits per heavy atom. The molecular weight excluding hydrogens is 396 g/mol. The SMILES string of the molecule is CC(C)[C@H]1COC(C=O)N1c1ccnc(N[C@@H](C)c2ccc(Br)cc2)n1. The standard InChI is InChI=1S/C19H23BrN4O2/c1-12(2)16-11-26-18(10-25)24(16)17-8-9-21-19(23-17)22-13(3)14-4-6-15(20)7-5-14/h4-10,12-13,16,18H,11H2,1-3H3,(H,21,22,23)/t13-,16+,18?/m0/s1. The fraction of sp³-hybridized carbons (Fsp3) is 0.421. The average molecular weight is 419 g/mol. The summed E-state index contributed by atoms with van der Waals surface area (Å²) in [4.78, 5) is 22.3. The van der Waals surface area contributed by atoms with Gasteiger partial charge in [0.2, 0.25) is 5.95 Å². The minimum Gasteiger partial charge on any atom is -0.349 e. The maximum absolute atomic E-state index is 11.4. The normalized spacial score (nSPS) is 21.0. The molecule has 26 heavy (non-hydrogen) atoms. The molecule has 0 aliphatic carbocycles. The molecule has 138 valence electrons. The number of carbonyl (C=O) groups is 1. The van der Waals surface area contributed by atoms with Crippen molar-refractivity contribution in [2.75, 3.05) is 16.8 Å². The molecule has 0 spiro atoms. The third kappa shape index (κ3) is 4.04. The number of aldehydes is 1. The van der Waals surface area contributed by atoms with E-state index in [4.69, 9.17) is 4.74 Å². The van der Waals surface area contributed by atoms with E-state index >= 15 is 0 Å². The van der Waals surface area contributed by atoms with E-state index in [-0.39, 0.29) is 12.1 Å². The lowest BCUT2D eigenvalue weighted by Crippen LogP contribution is -2.41. The number of benzene rings is 1. The molecule has 1 N–H and O–H groups in total. The summed E-state index contributed by atoms with van der Waals surface area (Å²) in [6.07, 6.45) is 1.92. The van der Waals surface area contributed by atoms with Crippen molar-refractivity contribution >= 4 is 34.0 Å². The summed E-state index contributed by atoms with van der Waals surface area (Å²) in [5, 5.41) is 3.33. The molecule has 1 fully saturated rings. The Labute approximate surface area is 162 Å². The van der Waals surface area contributed by atoms with Gasteiger partial charge in [-0.1, -0.05) is 41.9 Å². The molecule has 1 aromatic carbocycles. The number of rotatable bonds is 6. The smallest absolute Gasteiger partial charge is 0.225 e. The second-order valence-corrected chi connectivity index (χ2v) is 7.65. The molecule has 0 bridgehead atoms. The zero-order chi connectivity index (χ0) is 18.7. The fourth-order valence-electron chi connectivity index (χ4n) is 3.06. The zero-order valence-electron chi connectivity index (χ0n) is 15.1. The molecule has 2 aromatic rings. The Kier molecular flexibility index (Phi) is 5.88. The summed E-state index contributed by atoms with van der Waals surface area (Å²) >= 11 is 3.45. The summed E-state index contributed by atoms with van der Waals surface area (Å²) in [7, 11) is 0. The van der Waals surface area contributed by atoms with E-state index in [1.807, 2.05) is 23.1 Å². The van der Waals surface area contributed by atoms with E-state index in [0.717, 1.165) is 16.3 Å². The molecule has 3 rings (SSSR count). The zero-order valence-corrected chi connectivity index (χ0v) is 16.7. The summed E-state index contributed by atoms with van der Waals surface area (Å²) in [6.45, 7) is 6.81. The van der Waals surface area contributed by atoms with Crippen molar-refractivity contribution in [1.82, 2.24) is 9.97 Å². The fourth-order valence-corrected chi connectivity index (χ4v) is 3.32. The number of anilines is 2. The highest BCUT2D eigenvalue weighted by Crippen LogP contribution is 2.28. The summed E-state index contributed by atoms with van der Waals surface area (Å²) in [5.41, 5.74) is 1.14. The number of nitrogens with zero attached hydrogens (tertiary/aromatic N) is 3. The largest absolute Gasteiger partial charge is 0.349 e. The highest BCUT2D eigenvalue weighted by molar-refractivity contribution is 9.10. The number of hydrogen-bond acceptors (Lipinski definition) is 6. The van der Waals surface area contributed by atoms with Crippen LogP contribution in [0.3, 0.4) is 0 Å². The van der Waals surface area contributed by atoms with Crippen LogP contribution in [-0.4, -0.2) is 35.1 Å². The Balaban J connectivity index is 1.81. The van der Waals surface area contributed by atoms with Gasteiger partial charge in [0.25, 0.3) is 0 Å². The third-order valence-corrected chi connectivity index (χ3v) is 5.10. The number of hydrogen-bond donors (Lipinski definition) is 1. The second kappa shape index (κ2) is 8.14. The minimum absolute atomic E-state index is 0.0518. The minimum atomic E-state index is -0.603. The van der Waals surface area contributed by atoms with Crippen molar-refractivity contribution in [2.45, 2.75) is 39.1 Å². The first kappa shape index (κ1) is 18.8. The van der Waals surface area contributed by atoms with Gasteiger partial charge >= 0.3 is 0 Å². The van der Waals surface area contributed by atoms with Crippen LogP contribution in [0.4, 0.5) is 11.8 Å². The van der Waals surface area contributed by atoms with Gasteiger partial charge in [-0.2, -0.15) is 4.98 Å². The molecule has 1 aliphatic rings. The Bertz CT molecular complexity index is 753. The molecule has 7 heteroatoms. The third-order valence-electron chi connectivity index (χ3n) is 4.58. The number of halogens is 1. The summed E-state index contributed by atoms with van der Waals surface area (Å²) < 4.78 is 6.66. The van der Waals surface area contributed by atoms with Crippen molar-refractivity contribution in [3.05, 3.63) is 46.6 Å². The van der Waals surface area contributed by atoms with Gasteiger partial charge in [-0.3, -0.25) is 4.79 Å². The summed E-state index contributed by atoms with van der Waals surface area (Å²) in [6, 6.07) is 10.1. The van der Waals surface area contributed by atoms with Crippen molar-refractivity contribution in [2.24, 2.45) is 5.92 Å². The molecule has 1 aliphatic heterocycles. The van der Waals surface area contributed by atoms with Crippen molar-refractivity contribution in [3.8, 4) is 0 Å². The lowest BCUT2D eigenvalue weighted by molar-refractivity contribution is -0.115. The van der Waals surface area contributed by atoms with Gasteiger partial charge in [-0.15, -0.1) is 0 Å². The molecule has 1 aromatic heterocycles. The number of carbonyl (C=O) groups excluding carboxylic acids is 1. The predicted molar refractivity (Wildman–Crippen MR) is 105 cm³/mol. The van der Waals surface area contributed by atoms with E-state index in [2.05, 4.69) is 64.1 Å². The maximum Gasteiger partial charge on any atom is 0.225 e.